The van der Waals surface area contributed by atoms with Crippen LogP contribution in [0.1, 0.15) is 107 Å². The summed E-state index contributed by atoms with van der Waals surface area (Å²) in [6, 6.07) is 0. The first-order valence-electron chi connectivity index (χ1n) is 17.6. The molecule has 1 saturated heterocycles. The molecule has 1 aliphatic rings. The van der Waals surface area contributed by atoms with Crippen molar-refractivity contribution >= 4 is 46.3 Å². The van der Waals surface area contributed by atoms with Crippen molar-refractivity contribution in [2.75, 3.05) is 77.3 Å². The molecule has 1 fully saturated rings. The van der Waals surface area contributed by atoms with Crippen molar-refractivity contribution < 1.29 is 63.9 Å². The highest BCUT2D eigenvalue weighted by molar-refractivity contribution is 9.09. The van der Waals surface area contributed by atoms with Crippen LogP contribution in [0.25, 0.3) is 0 Å². The van der Waals surface area contributed by atoms with Gasteiger partial charge in [0, 0.05) is 11.9 Å². The van der Waals surface area contributed by atoms with Crippen LogP contribution >= 0.6 is 46.3 Å². The Morgan fingerprint density at radius 2 is 1.02 bits per heavy atom. The third-order valence-electron chi connectivity index (χ3n) is 6.15. The van der Waals surface area contributed by atoms with Crippen LogP contribution < -0.4 is 0 Å². The van der Waals surface area contributed by atoms with Crippen molar-refractivity contribution in [2.24, 2.45) is 0 Å². The third-order valence-corrected chi connectivity index (χ3v) is 18.2. The van der Waals surface area contributed by atoms with Gasteiger partial charge in [-0.1, -0.05) is 35.7 Å². The molecule has 1 atom stereocenters. The summed E-state index contributed by atoms with van der Waals surface area (Å²) in [5.41, 5.74) is 0. The molecule has 0 spiro atoms. The van der Waals surface area contributed by atoms with Gasteiger partial charge in [-0.3, -0.25) is 18.3 Å². The first-order valence-corrected chi connectivity index (χ1v) is 25.4. The standard InChI is InChI=1S/C13H30O6P2.C9H22O6P2.C8H15BrO2/c1-6-11-12-13(20(14,16-7-2)17-8-3)21(15,18-9-4)19-10-5;1-5-12-16(10,13-6-2)9-17(11,14-7-3)15-8-4;9-5-3-7-11-8-4-1-2-6-10-8/h13H,6-12H2,1-5H3;5-9H2,1-4H3;8H,1-7H2. The maximum atomic E-state index is 13.0. The first kappa shape index (κ1) is 52.1. The van der Waals surface area contributed by atoms with Crippen molar-refractivity contribution in [1.82, 2.24) is 0 Å². The van der Waals surface area contributed by atoms with Crippen LogP contribution in [0, 0.1) is 0 Å². The van der Waals surface area contributed by atoms with E-state index in [0.717, 1.165) is 44.2 Å². The van der Waals surface area contributed by atoms with Gasteiger partial charge in [-0.05, 0) is 87.5 Å². The number of unbranched alkanes of at least 4 members (excludes halogenated alkanes) is 1. The summed E-state index contributed by atoms with van der Waals surface area (Å²) < 4.78 is 103. The summed E-state index contributed by atoms with van der Waals surface area (Å²) in [5, 5.41) is 0.143. The first-order chi connectivity index (χ1) is 23.3. The fourth-order valence-corrected chi connectivity index (χ4v) is 14.8. The van der Waals surface area contributed by atoms with Crippen molar-refractivity contribution in [1.29, 1.82) is 0 Å². The number of rotatable bonds is 27. The van der Waals surface area contributed by atoms with E-state index >= 15 is 0 Å². The Balaban J connectivity index is 0. The summed E-state index contributed by atoms with van der Waals surface area (Å²) in [4.78, 5) is 0. The number of ether oxygens (including phenoxy) is 2. The minimum atomic E-state index is -3.55. The quantitative estimate of drug-likeness (QED) is 0.0436. The molecule has 49 heavy (non-hydrogen) atoms. The molecule has 0 aromatic rings. The Kier molecular flexibility index (Phi) is 33.3. The van der Waals surface area contributed by atoms with E-state index < -0.39 is 35.8 Å². The second-order valence-corrected chi connectivity index (χ2v) is 20.4. The second kappa shape index (κ2) is 31.4. The molecule has 1 unspecified atom stereocenters. The predicted molar refractivity (Wildman–Crippen MR) is 200 cm³/mol. The van der Waals surface area contributed by atoms with E-state index in [2.05, 4.69) is 15.9 Å². The van der Waals surface area contributed by atoms with Gasteiger partial charge in [-0.2, -0.15) is 0 Å². The summed E-state index contributed by atoms with van der Waals surface area (Å²) in [6.07, 6.45) is 6.72. The highest BCUT2D eigenvalue weighted by atomic mass is 79.9. The molecular weight excluding hydrogens is 788 g/mol. The van der Waals surface area contributed by atoms with Crippen molar-refractivity contribution in [3.8, 4) is 0 Å². The third kappa shape index (κ3) is 23.4. The Morgan fingerprint density at radius 1 is 0.612 bits per heavy atom. The van der Waals surface area contributed by atoms with E-state index in [1.165, 1.54) is 12.8 Å². The van der Waals surface area contributed by atoms with Crippen LogP contribution in [-0.2, 0) is 63.9 Å². The molecule has 1 aliphatic heterocycles. The zero-order valence-corrected chi connectivity index (χ0v) is 36.6. The lowest BCUT2D eigenvalue weighted by Gasteiger charge is -2.31. The van der Waals surface area contributed by atoms with Crippen LogP contribution in [0.5, 0.6) is 0 Å². The van der Waals surface area contributed by atoms with Crippen molar-refractivity contribution in [2.45, 2.75) is 119 Å². The van der Waals surface area contributed by atoms with Crippen LogP contribution in [0.15, 0.2) is 0 Å². The minimum Gasteiger partial charge on any atom is -0.353 e. The molecule has 1 rings (SSSR count). The maximum absolute atomic E-state index is 13.0. The monoisotopic (exact) mass is 854 g/mol. The Hall–Kier alpha value is 1.000. The molecule has 0 N–H and O–H groups in total. The van der Waals surface area contributed by atoms with Gasteiger partial charge in [0.15, 0.2) is 17.6 Å². The summed E-state index contributed by atoms with van der Waals surface area (Å²) in [7, 11) is -13.9. The summed E-state index contributed by atoms with van der Waals surface area (Å²) in [5.74, 6) is -0.344. The normalized spacial score (nSPS) is 15.8. The molecule has 0 radical (unpaired) electrons. The predicted octanol–water partition coefficient (Wildman–Crippen LogP) is 10.8. The van der Waals surface area contributed by atoms with Crippen LogP contribution in [0.4, 0.5) is 0 Å². The van der Waals surface area contributed by atoms with Gasteiger partial charge >= 0.3 is 30.4 Å². The molecule has 0 aromatic carbocycles. The number of halogens is 1. The molecule has 0 aliphatic carbocycles. The van der Waals surface area contributed by atoms with E-state index in [0.29, 0.717) is 6.42 Å². The molecular formula is C30H67BrO14P4. The summed E-state index contributed by atoms with van der Waals surface area (Å²) in [6.45, 7) is 19.1. The smallest absolute Gasteiger partial charge is 0.345 e. The van der Waals surface area contributed by atoms with E-state index in [9.17, 15) is 18.3 Å². The topological polar surface area (TPSA) is 161 Å². The van der Waals surface area contributed by atoms with Gasteiger partial charge in [-0.15, -0.1) is 0 Å². The van der Waals surface area contributed by atoms with E-state index in [-0.39, 0.29) is 65.0 Å². The van der Waals surface area contributed by atoms with E-state index in [1.54, 1.807) is 55.4 Å². The number of alkyl halides is 1. The lowest BCUT2D eigenvalue weighted by Crippen LogP contribution is -2.22. The average Bonchev–Trinajstić information content (AvgIpc) is 3.03. The molecule has 19 heteroatoms. The lowest BCUT2D eigenvalue weighted by atomic mass is 10.2. The van der Waals surface area contributed by atoms with Gasteiger partial charge in [0.05, 0.1) is 59.5 Å². The second-order valence-electron chi connectivity index (χ2n) is 10.1. The fraction of sp³-hybridized carbons (Fsp3) is 1.00. The molecule has 0 saturated carbocycles. The fourth-order valence-electron chi connectivity index (χ4n) is 4.36. The molecule has 14 nitrogen and oxygen atoms in total. The molecule has 0 aromatic heterocycles. The zero-order valence-electron chi connectivity index (χ0n) is 31.5. The molecule has 0 bridgehead atoms. The number of hydrogen-bond acceptors (Lipinski definition) is 14. The van der Waals surface area contributed by atoms with Crippen molar-refractivity contribution in [3.63, 3.8) is 0 Å². The zero-order chi connectivity index (χ0) is 37.7. The van der Waals surface area contributed by atoms with Gasteiger partial charge in [0.2, 0.25) is 0 Å². The SMILES string of the molecule is BrCCCOC1CCCCO1.CCCCC(P(=O)(OCC)OCC)P(=O)(OCC)OCC.CCOP(=O)(CP(=O)(OCC)OCC)OCC. The van der Waals surface area contributed by atoms with Gasteiger partial charge in [-0.25, -0.2) is 0 Å². The lowest BCUT2D eigenvalue weighted by molar-refractivity contribution is -0.161. The van der Waals surface area contributed by atoms with E-state index in [4.69, 9.17) is 45.7 Å². The van der Waals surface area contributed by atoms with Crippen LogP contribution in [0.2, 0.25) is 0 Å². The largest absolute Gasteiger partial charge is 0.353 e. The Labute approximate surface area is 305 Å². The van der Waals surface area contributed by atoms with Gasteiger partial charge < -0.3 is 45.7 Å². The Morgan fingerprint density at radius 3 is 1.33 bits per heavy atom. The van der Waals surface area contributed by atoms with E-state index in [1.807, 2.05) is 6.92 Å². The highest BCUT2D eigenvalue weighted by Gasteiger charge is 2.50. The van der Waals surface area contributed by atoms with Crippen LogP contribution in [-0.4, -0.2) is 89.0 Å². The van der Waals surface area contributed by atoms with Crippen molar-refractivity contribution in [3.05, 3.63) is 0 Å². The average molecular weight is 856 g/mol. The van der Waals surface area contributed by atoms with Crippen LogP contribution in [0.3, 0.4) is 0 Å². The Bertz CT molecular complexity index is 873. The van der Waals surface area contributed by atoms with Gasteiger partial charge in [0.25, 0.3) is 0 Å². The maximum Gasteiger partial charge on any atom is 0.345 e. The molecule has 0 amide bonds. The molecule has 1 heterocycles. The summed E-state index contributed by atoms with van der Waals surface area (Å²) >= 11 is 3.35. The van der Waals surface area contributed by atoms with Gasteiger partial charge in [0.1, 0.15) is 0 Å². The highest BCUT2D eigenvalue weighted by Crippen LogP contribution is 2.71. The molecule has 298 valence electrons. The minimum absolute atomic E-state index is 0.0859. The number of hydrogen-bond donors (Lipinski definition) is 0.